The average Bonchev–Trinajstić information content (AvgIpc) is 2.70. The highest BCUT2D eigenvalue weighted by molar-refractivity contribution is 7.92. The highest BCUT2D eigenvalue weighted by atomic mass is 32.2. The van der Waals surface area contributed by atoms with Crippen molar-refractivity contribution in [3.8, 4) is 0 Å². The van der Waals surface area contributed by atoms with Crippen molar-refractivity contribution in [1.82, 2.24) is 10.2 Å². The van der Waals surface area contributed by atoms with Crippen LogP contribution in [0.25, 0.3) is 0 Å². The maximum absolute atomic E-state index is 14.3. The molecular weight excluding hydrogens is 433 g/mol. The van der Waals surface area contributed by atoms with Gasteiger partial charge in [0.05, 0.1) is 11.9 Å². The Morgan fingerprint density at radius 3 is 2.19 bits per heavy atom. The molecule has 0 aliphatic rings. The van der Waals surface area contributed by atoms with E-state index in [2.05, 4.69) is 5.32 Å². The zero-order valence-electron chi connectivity index (χ0n) is 19.0. The summed E-state index contributed by atoms with van der Waals surface area (Å²) in [5, 5.41) is 2.74. The predicted octanol–water partition coefficient (Wildman–Crippen LogP) is 2.84. The van der Waals surface area contributed by atoms with Gasteiger partial charge in [0, 0.05) is 18.2 Å². The van der Waals surface area contributed by atoms with Crippen LogP contribution in [0.3, 0.4) is 0 Å². The van der Waals surface area contributed by atoms with Crippen LogP contribution in [0.15, 0.2) is 48.5 Å². The van der Waals surface area contributed by atoms with Gasteiger partial charge in [-0.15, -0.1) is 0 Å². The molecule has 2 rings (SSSR count). The maximum Gasteiger partial charge on any atom is 0.244 e. The Kier molecular flexibility index (Phi) is 8.38. The number of nitrogens with one attached hydrogen (secondary N) is 1. The predicted molar refractivity (Wildman–Crippen MR) is 123 cm³/mol. The fourth-order valence-electron chi connectivity index (χ4n) is 3.24. The number of hydrogen-bond donors (Lipinski definition) is 1. The van der Waals surface area contributed by atoms with Gasteiger partial charge >= 0.3 is 0 Å². The van der Waals surface area contributed by atoms with Gasteiger partial charge in [-0.2, -0.15) is 0 Å². The SMILES string of the molecule is Cc1ccccc1N(CC(=O)N(Cc1ccccc1F)C(C)C(=O)NC(C)C)S(C)(=O)=O. The number of carbonyl (C=O) groups excluding carboxylic acids is 2. The zero-order valence-corrected chi connectivity index (χ0v) is 19.8. The quantitative estimate of drug-likeness (QED) is 0.620. The number of sulfonamides is 1. The second-order valence-corrected chi connectivity index (χ2v) is 9.92. The molecule has 0 aromatic heterocycles. The van der Waals surface area contributed by atoms with Crippen molar-refractivity contribution >= 4 is 27.5 Å². The molecule has 1 unspecified atom stereocenters. The topological polar surface area (TPSA) is 86.8 Å². The van der Waals surface area contributed by atoms with Gasteiger partial charge in [0.25, 0.3) is 0 Å². The fourth-order valence-corrected chi connectivity index (χ4v) is 4.14. The van der Waals surface area contributed by atoms with Gasteiger partial charge in [0.1, 0.15) is 18.4 Å². The van der Waals surface area contributed by atoms with Crippen LogP contribution in [0.1, 0.15) is 31.9 Å². The Morgan fingerprint density at radius 2 is 1.62 bits per heavy atom. The minimum absolute atomic E-state index is 0.158. The molecular formula is C23H30FN3O4S. The van der Waals surface area contributed by atoms with Crippen LogP contribution >= 0.6 is 0 Å². The molecule has 0 aliphatic carbocycles. The van der Waals surface area contributed by atoms with E-state index in [1.165, 1.54) is 30.0 Å². The average molecular weight is 464 g/mol. The molecule has 0 radical (unpaired) electrons. The Morgan fingerprint density at radius 1 is 1.03 bits per heavy atom. The Balaban J connectivity index is 2.42. The fraction of sp³-hybridized carbons (Fsp3) is 0.391. The van der Waals surface area contributed by atoms with Gasteiger partial charge in [0.15, 0.2) is 0 Å². The van der Waals surface area contributed by atoms with Gasteiger partial charge in [0.2, 0.25) is 21.8 Å². The van der Waals surface area contributed by atoms with E-state index in [-0.39, 0.29) is 18.2 Å². The number of carbonyl (C=O) groups is 2. The van der Waals surface area contributed by atoms with E-state index >= 15 is 0 Å². The first kappa shape index (κ1) is 25.3. The van der Waals surface area contributed by atoms with Crippen LogP contribution in [0.2, 0.25) is 0 Å². The summed E-state index contributed by atoms with van der Waals surface area (Å²) in [6, 6.07) is 11.7. The monoisotopic (exact) mass is 463 g/mol. The van der Waals surface area contributed by atoms with Crippen LogP contribution < -0.4 is 9.62 Å². The van der Waals surface area contributed by atoms with Crippen molar-refractivity contribution in [1.29, 1.82) is 0 Å². The molecule has 0 heterocycles. The van der Waals surface area contributed by atoms with E-state index in [0.717, 1.165) is 10.6 Å². The number of nitrogens with zero attached hydrogens (tertiary/aromatic N) is 2. The number of anilines is 1. The summed E-state index contributed by atoms with van der Waals surface area (Å²) in [4.78, 5) is 27.2. The number of rotatable bonds is 9. The zero-order chi connectivity index (χ0) is 24.1. The van der Waals surface area contributed by atoms with E-state index in [1.54, 1.807) is 51.1 Å². The second-order valence-electron chi connectivity index (χ2n) is 8.01. The normalized spacial score (nSPS) is 12.3. The van der Waals surface area contributed by atoms with Crippen molar-refractivity contribution in [3.63, 3.8) is 0 Å². The molecule has 1 atom stereocenters. The molecule has 2 aromatic carbocycles. The van der Waals surface area contributed by atoms with Gasteiger partial charge in [-0.1, -0.05) is 36.4 Å². The molecule has 0 aliphatic heterocycles. The molecule has 9 heteroatoms. The molecule has 0 saturated heterocycles. The third-order valence-electron chi connectivity index (χ3n) is 4.96. The molecule has 0 bridgehead atoms. The van der Waals surface area contributed by atoms with Gasteiger partial charge in [-0.25, -0.2) is 12.8 Å². The molecule has 0 fully saturated rings. The van der Waals surface area contributed by atoms with Crippen LogP contribution in [0.4, 0.5) is 10.1 Å². The first-order chi connectivity index (χ1) is 14.9. The van der Waals surface area contributed by atoms with E-state index < -0.39 is 40.2 Å². The van der Waals surface area contributed by atoms with Crippen LogP contribution in [0, 0.1) is 12.7 Å². The van der Waals surface area contributed by atoms with E-state index in [1.807, 2.05) is 0 Å². The van der Waals surface area contributed by atoms with Crippen molar-refractivity contribution in [2.45, 2.75) is 46.3 Å². The minimum atomic E-state index is -3.80. The largest absolute Gasteiger partial charge is 0.352 e. The van der Waals surface area contributed by atoms with Gasteiger partial charge < -0.3 is 10.2 Å². The first-order valence-electron chi connectivity index (χ1n) is 10.3. The lowest BCUT2D eigenvalue weighted by Crippen LogP contribution is -2.52. The third kappa shape index (κ3) is 6.53. The number of amides is 2. The lowest BCUT2D eigenvalue weighted by Gasteiger charge is -2.32. The van der Waals surface area contributed by atoms with Crippen molar-refractivity contribution in [3.05, 3.63) is 65.5 Å². The lowest BCUT2D eigenvalue weighted by atomic mass is 10.1. The second kappa shape index (κ2) is 10.6. The van der Waals surface area contributed by atoms with Crippen molar-refractivity contribution < 1.29 is 22.4 Å². The van der Waals surface area contributed by atoms with Crippen LogP contribution in [-0.2, 0) is 26.2 Å². The molecule has 2 aromatic rings. The number of benzene rings is 2. The Hall–Kier alpha value is -2.94. The summed E-state index contributed by atoms with van der Waals surface area (Å²) in [7, 11) is -3.80. The Labute approximate surface area is 189 Å². The van der Waals surface area contributed by atoms with E-state index in [4.69, 9.17) is 0 Å². The summed E-state index contributed by atoms with van der Waals surface area (Å²) in [6.45, 7) is 6.16. The van der Waals surface area contributed by atoms with E-state index in [0.29, 0.717) is 11.3 Å². The first-order valence-corrected chi connectivity index (χ1v) is 12.1. The maximum atomic E-state index is 14.3. The van der Waals surface area contributed by atoms with Gasteiger partial charge in [-0.3, -0.25) is 13.9 Å². The highest BCUT2D eigenvalue weighted by Crippen LogP contribution is 2.23. The number of hydrogen-bond acceptors (Lipinski definition) is 4. The summed E-state index contributed by atoms with van der Waals surface area (Å²) < 4.78 is 40.4. The van der Waals surface area contributed by atoms with Crippen molar-refractivity contribution in [2.24, 2.45) is 0 Å². The molecule has 174 valence electrons. The van der Waals surface area contributed by atoms with Crippen molar-refractivity contribution in [2.75, 3.05) is 17.1 Å². The number of para-hydroxylation sites is 1. The lowest BCUT2D eigenvalue weighted by molar-refractivity contribution is -0.139. The molecule has 0 saturated carbocycles. The summed E-state index contributed by atoms with van der Waals surface area (Å²) in [5.74, 6) is -1.54. The Bertz CT molecular complexity index is 1070. The number of aryl methyl sites for hydroxylation is 1. The summed E-state index contributed by atoms with van der Waals surface area (Å²) in [5.41, 5.74) is 1.28. The highest BCUT2D eigenvalue weighted by Gasteiger charge is 2.31. The summed E-state index contributed by atoms with van der Waals surface area (Å²) in [6.07, 6.45) is 1.02. The van der Waals surface area contributed by atoms with Crippen LogP contribution in [0.5, 0.6) is 0 Å². The standard InChI is InChI=1S/C23H30FN3O4S/c1-16(2)25-23(29)18(4)26(14-19-11-7-8-12-20(19)24)22(28)15-27(32(5,30)31)21-13-9-6-10-17(21)3/h6-13,16,18H,14-15H2,1-5H3,(H,25,29). The molecule has 1 N–H and O–H groups in total. The molecule has 7 nitrogen and oxygen atoms in total. The molecule has 2 amide bonds. The minimum Gasteiger partial charge on any atom is -0.352 e. The smallest absolute Gasteiger partial charge is 0.244 e. The summed E-state index contributed by atoms with van der Waals surface area (Å²) >= 11 is 0. The molecule has 0 spiro atoms. The molecule has 32 heavy (non-hydrogen) atoms. The van der Waals surface area contributed by atoms with Crippen LogP contribution in [-0.4, -0.2) is 50.0 Å². The van der Waals surface area contributed by atoms with E-state index in [9.17, 15) is 22.4 Å². The van der Waals surface area contributed by atoms with Gasteiger partial charge in [-0.05, 0) is 45.4 Å². The third-order valence-corrected chi connectivity index (χ3v) is 6.09. The number of halogens is 1.